The Morgan fingerprint density at radius 3 is 2.72 bits per heavy atom. The van der Waals surface area contributed by atoms with Crippen molar-refractivity contribution in [2.75, 3.05) is 5.73 Å². The average molecular weight is 400 g/mol. The van der Waals surface area contributed by atoms with E-state index in [1.54, 1.807) is 12.1 Å². The number of aromatic nitrogens is 2. The zero-order valence-electron chi connectivity index (χ0n) is 12.7. The minimum absolute atomic E-state index is 0.00454. The van der Waals surface area contributed by atoms with Crippen molar-refractivity contribution in [1.29, 1.82) is 0 Å². The molecule has 1 aromatic carbocycles. The molecule has 0 aliphatic rings. The smallest absolute Gasteiger partial charge is 0.361 e. The van der Waals surface area contributed by atoms with E-state index in [9.17, 15) is 9.90 Å². The van der Waals surface area contributed by atoms with E-state index >= 15 is 0 Å². The molecule has 0 aliphatic heterocycles. The third-order valence-electron chi connectivity index (χ3n) is 3.48. The Bertz CT molecular complexity index is 1050. The van der Waals surface area contributed by atoms with E-state index in [1.165, 1.54) is 0 Å². The molecule has 2 aromatic heterocycles. The molecular formula is C15H11Cl3N5O2+. The van der Waals surface area contributed by atoms with Crippen LogP contribution in [-0.2, 0) is 0 Å². The summed E-state index contributed by atoms with van der Waals surface area (Å²) >= 11 is 17.7. The number of H-pyrrole nitrogens is 2. The lowest BCUT2D eigenvalue weighted by Gasteiger charge is -2.00. The molecule has 1 amide bonds. The van der Waals surface area contributed by atoms with Gasteiger partial charge in [0.05, 0.1) is 11.2 Å². The normalized spacial score (nSPS) is 11.5. The number of carbonyl (C=O) groups is 1. The number of hydrogen-bond acceptors (Lipinski definition) is 4. The number of azo groups is 1. The summed E-state index contributed by atoms with van der Waals surface area (Å²) in [4.78, 5) is 17.5. The first-order valence-electron chi connectivity index (χ1n) is 6.92. The summed E-state index contributed by atoms with van der Waals surface area (Å²) in [5.74, 6) is -1.03. The van der Waals surface area contributed by atoms with E-state index in [0.29, 0.717) is 10.9 Å². The van der Waals surface area contributed by atoms with Gasteiger partial charge in [0.1, 0.15) is 10.0 Å². The highest BCUT2D eigenvalue weighted by molar-refractivity contribution is 6.45. The Morgan fingerprint density at radius 1 is 1.28 bits per heavy atom. The van der Waals surface area contributed by atoms with Gasteiger partial charge in [-0.3, -0.25) is 4.79 Å². The van der Waals surface area contributed by atoms with E-state index in [2.05, 4.69) is 20.2 Å². The lowest BCUT2D eigenvalue weighted by molar-refractivity contribution is -0.378. The van der Waals surface area contributed by atoms with Crippen molar-refractivity contribution < 1.29 is 14.9 Å². The van der Waals surface area contributed by atoms with Gasteiger partial charge in [0.2, 0.25) is 5.88 Å². The van der Waals surface area contributed by atoms with Gasteiger partial charge < -0.3 is 15.8 Å². The van der Waals surface area contributed by atoms with Gasteiger partial charge in [-0.2, -0.15) is 4.98 Å². The molecule has 5 N–H and O–H groups in total. The molecule has 3 aromatic rings. The highest BCUT2D eigenvalue weighted by Crippen LogP contribution is 2.36. The minimum Gasteiger partial charge on any atom is -0.493 e. The Labute approximate surface area is 156 Å². The molecule has 10 heteroatoms. The number of hydrogen-bond donors (Lipinski definition) is 3. The van der Waals surface area contributed by atoms with Crippen LogP contribution in [0.1, 0.15) is 16.1 Å². The van der Waals surface area contributed by atoms with Crippen LogP contribution in [0.2, 0.25) is 15.2 Å². The number of carbonyl (C=O) groups excluding carboxylic acids is 1. The predicted molar refractivity (Wildman–Crippen MR) is 96.0 cm³/mol. The fraction of sp³-hybridized carbons (Fsp3) is 0.0667. The number of nitrogen functional groups attached to an aromatic ring is 1. The highest BCUT2D eigenvalue weighted by atomic mass is 35.5. The number of amides is 1. The Kier molecular flexibility index (Phi) is 4.55. The summed E-state index contributed by atoms with van der Waals surface area (Å²) in [6.07, 6.45) is 0. The van der Waals surface area contributed by atoms with Crippen LogP contribution in [0.25, 0.3) is 10.9 Å². The van der Waals surface area contributed by atoms with Crippen LogP contribution in [-0.4, -0.2) is 16.0 Å². The molecule has 0 unspecified atom stereocenters. The van der Waals surface area contributed by atoms with Gasteiger partial charge in [0, 0.05) is 5.39 Å². The van der Waals surface area contributed by atoms with Gasteiger partial charge in [0.15, 0.2) is 5.69 Å². The fourth-order valence-electron chi connectivity index (χ4n) is 2.24. The van der Waals surface area contributed by atoms with E-state index < -0.39 is 5.91 Å². The molecule has 2 heterocycles. The largest absolute Gasteiger partial charge is 0.493 e. The maximum Gasteiger partial charge on any atom is 0.361 e. The molecule has 0 saturated carbocycles. The Hall–Kier alpha value is -2.35. The third-order valence-corrected chi connectivity index (χ3v) is 4.65. The number of halogens is 3. The topological polar surface area (TPSA) is 118 Å². The van der Waals surface area contributed by atoms with Crippen molar-refractivity contribution >= 4 is 63.0 Å². The van der Waals surface area contributed by atoms with Gasteiger partial charge in [0.25, 0.3) is 10.8 Å². The van der Waals surface area contributed by atoms with Crippen molar-refractivity contribution in [1.82, 2.24) is 4.98 Å². The summed E-state index contributed by atoms with van der Waals surface area (Å²) in [5.41, 5.74) is 7.24. The lowest BCUT2D eigenvalue weighted by Crippen LogP contribution is -2.19. The van der Waals surface area contributed by atoms with Gasteiger partial charge >= 0.3 is 5.91 Å². The molecule has 0 aliphatic carbocycles. The number of aryl methyl sites for hydroxylation is 1. The Morgan fingerprint density at radius 2 is 2.00 bits per heavy atom. The number of rotatable bonds is 2. The first-order valence-corrected chi connectivity index (χ1v) is 8.05. The monoisotopic (exact) mass is 398 g/mol. The summed E-state index contributed by atoms with van der Waals surface area (Å²) in [6.45, 7) is 1.89. The standard InChI is InChI=1S/C15H10Cl3N5O2/c1-5-2-3-7-6(4-5)11(14(24)20-7)22-23-15(25)12-8(16)10(19)9(17)13(18)21-12/h2-4,20,24H,1H3,(H2,19,21)/p+1. The van der Waals surface area contributed by atoms with E-state index in [0.717, 1.165) is 5.56 Å². The number of pyridine rings is 1. The highest BCUT2D eigenvalue weighted by Gasteiger charge is 2.26. The SMILES string of the molecule is Cc1ccc2[nH]c(O)c(N=NC(=O)c3[nH+]c(Cl)c(Cl)c(N)c3Cl)c2c1. The second-order valence-electron chi connectivity index (χ2n) is 5.23. The average Bonchev–Trinajstić information content (AvgIpc) is 2.88. The third kappa shape index (κ3) is 3.13. The second kappa shape index (κ2) is 6.51. The minimum atomic E-state index is -0.823. The molecule has 0 atom stereocenters. The van der Waals surface area contributed by atoms with Crippen LogP contribution in [0.3, 0.4) is 0 Å². The number of benzene rings is 1. The maximum absolute atomic E-state index is 12.3. The molecule has 25 heavy (non-hydrogen) atoms. The van der Waals surface area contributed by atoms with E-state index in [1.807, 2.05) is 13.0 Å². The maximum atomic E-state index is 12.3. The summed E-state index contributed by atoms with van der Waals surface area (Å²) < 4.78 is 0. The zero-order valence-corrected chi connectivity index (χ0v) is 15.0. The van der Waals surface area contributed by atoms with Gasteiger partial charge in [-0.25, -0.2) is 0 Å². The van der Waals surface area contributed by atoms with Crippen molar-refractivity contribution in [3.8, 4) is 5.88 Å². The number of aromatic amines is 2. The van der Waals surface area contributed by atoms with Crippen molar-refractivity contribution in [3.05, 3.63) is 44.7 Å². The van der Waals surface area contributed by atoms with Crippen molar-refractivity contribution in [2.24, 2.45) is 10.2 Å². The molecular weight excluding hydrogens is 389 g/mol. The molecule has 3 rings (SSSR count). The molecule has 7 nitrogen and oxygen atoms in total. The second-order valence-corrected chi connectivity index (χ2v) is 6.37. The van der Waals surface area contributed by atoms with Gasteiger partial charge in [-0.15, -0.1) is 10.2 Å². The molecule has 0 bridgehead atoms. The summed E-state index contributed by atoms with van der Waals surface area (Å²) in [5, 5.41) is 17.9. The molecule has 0 fully saturated rings. The fourth-order valence-corrected chi connectivity index (χ4v) is 2.85. The first-order chi connectivity index (χ1) is 11.8. The number of nitrogens with one attached hydrogen (secondary N) is 2. The van der Waals surface area contributed by atoms with Crippen molar-refractivity contribution in [2.45, 2.75) is 6.92 Å². The van der Waals surface area contributed by atoms with Crippen LogP contribution < -0.4 is 10.7 Å². The summed E-state index contributed by atoms with van der Waals surface area (Å²) in [6, 6.07) is 5.47. The van der Waals surface area contributed by atoms with Crippen LogP contribution >= 0.6 is 34.8 Å². The first kappa shape index (κ1) is 17.5. The number of fused-ring (bicyclic) bond motifs is 1. The molecule has 0 radical (unpaired) electrons. The number of aromatic hydroxyl groups is 1. The van der Waals surface area contributed by atoms with Crippen molar-refractivity contribution in [3.63, 3.8) is 0 Å². The van der Waals surface area contributed by atoms with E-state index in [4.69, 9.17) is 40.5 Å². The van der Waals surface area contributed by atoms with Gasteiger partial charge in [-0.05, 0) is 30.7 Å². The van der Waals surface area contributed by atoms with Crippen LogP contribution in [0, 0.1) is 6.92 Å². The number of nitrogens with zero attached hydrogens (tertiary/aromatic N) is 2. The lowest BCUT2D eigenvalue weighted by atomic mass is 10.2. The molecule has 0 spiro atoms. The zero-order chi connectivity index (χ0) is 18.3. The van der Waals surface area contributed by atoms with Crippen LogP contribution in [0.15, 0.2) is 28.4 Å². The Balaban J connectivity index is 2.02. The number of anilines is 1. The van der Waals surface area contributed by atoms with Gasteiger partial charge in [-0.1, -0.05) is 34.8 Å². The molecule has 0 saturated heterocycles. The number of nitrogens with two attached hydrogens (primary N) is 1. The predicted octanol–water partition coefficient (Wildman–Crippen LogP) is 4.46. The quantitative estimate of drug-likeness (QED) is 0.436. The van der Waals surface area contributed by atoms with Crippen LogP contribution in [0.5, 0.6) is 5.88 Å². The molecule has 128 valence electrons. The van der Waals surface area contributed by atoms with Crippen LogP contribution in [0.4, 0.5) is 11.4 Å². The van der Waals surface area contributed by atoms with E-state index in [-0.39, 0.29) is 38.1 Å². The summed E-state index contributed by atoms with van der Waals surface area (Å²) in [7, 11) is 0.